The van der Waals surface area contributed by atoms with Crippen LogP contribution < -0.4 is 0 Å². The molecule has 0 aliphatic rings. The quantitative estimate of drug-likeness (QED) is 0.693. The third-order valence-corrected chi connectivity index (χ3v) is 3.13. The molecule has 4 nitrogen and oxygen atoms in total. The molecule has 1 N–H and O–H groups in total. The molecule has 1 aromatic carbocycles. The zero-order valence-electron chi connectivity index (χ0n) is 10.9. The number of halogens is 4. The minimum absolute atomic E-state index is 0.000602. The summed E-state index contributed by atoms with van der Waals surface area (Å²) in [7, 11) is 1.47. The molecule has 1 heterocycles. The zero-order valence-corrected chi connectivity index (χ0v) is 11.7. The van der Waals surface area contributed by atoms with Gasteiger partial charge in [0.05, 0.1) is 24.3 Å². The molecular formula is C12H11F4N3OS. The largest absolute Gasteiger partial charge is 0.419 e. The van der Waals surface area contributed by atoms with E-state index in [1.165, 1.54) is 17.7 Å². The van der Waals surface area contributed by atoms with Crippen LogP contribution in [0.4, 0.5) is 17.6 Å². The first-order valence-corrected chi connectivity index (χ1v) is 6.27. The van der Waals surface area contributed by atoms with Crippen molar-refractivity contribution in [2.75, 3.05) is 13.7 Å². The minimum Gasteiger partial charge on any atom is -0.383 e. The van der Waals surface area contributed by atoms with E-state index in [4.69, 9.17) is 17.0 Å². The highest BCUT2D eigenvalue weighted by Crippen LogP contribution is 2.34. The van der Waals surface area contributed by atoms with Crippen LogP contribution in [0.25, 0.3) is 11.4 Å². The molecule has 0 bridgehead atoms. The van der Waals surface area contributed by atoms with Gasteiger partial charge in [-0.05, 0) is 24.4 Å². The van der Waals surface area contributed by atoms with E-state index < -0.39 is 17.6 Å². The van der Waals surface area contributed by atoms with Gasteiger partial charge in [0.15, 0.2) is 10.6 Å². The molecule has 0 aliphatic carbocycles. The number of nitrogens with zero attached hydrogens (tertiary/aromatic N) is 2. The number of ether oxygens (including phenoxy) is 1. The van der Waals surface area contributed by atoms with Crippen LogP contribution in [0.3, 0.4) is 0 Å². The zero-order chi connectivity index (χ0) is 15.6. The van der Waals surface area contributed by atoms with E-state index in [1.807, 2.05) is 0 Å². The molecule has 0 unspecified atom stereocenters. The number of hydrogen-bond donors (Lipinski definition) is 1. The first-order valence-electron chi connectivity index (χ1n) is 5.86. The Morgan fingerprint density at radius 2 is 2.10 bits per heavy atom. The van der Waals surface area contributed by atoms with Crippen molar-refractivity contribution in [2.45, 2.75) is 12.7 Å². The Morgan fingerprint density at radius 1 is 1.38 bits per heavy atom. The van der Waals surface area contributed by atoms with E-state index in [2.05, 4.69) is 10.2 Å². The standard InChI is InChI=1S/C12H11F4N3OS/c1-20-6-5-19-10(17-18-11(19)21)7-3-2-4-8(9(7)13)12(14,15)16/h2-4H,5-6H2,1H3,(H,18,21). The molecule has 0 saturated carbocycles. The van der Waals surface area contributed by atoms with Gasteiger partial charge < -0.3 is 4.74 Å². The molecule has 9 heteroatoms. The van der Waals surface area contributed by atoms with Crippen molar-refractivity contribution < 1.29 is 22.3 Å². The number of aromatic nitrogens is 3. The van der Waals surface area contributed by atoms with Crippen molar-refractivity contribution in [2.24, 2.45) is 0 Å². The molecule has 0 saturated heterocycles. The lowest BCUT2D eigenvalue weighted by Gasteiger charge is -2.11. The molecule has 0 atom stereocenters. The van der Waals surface area contributed by atoms with Crippen LogP contribution in [-0.2, 0) is 17.5 Å². The fourth-order valence-electron chi connectivity index (χ4n) is 1.84. The van der Waals surface area contributed by atoms with Crippen molar-refractivity contribution in [1.82, 2.24) is 14.8 Å². The smallest absolute Gasteiger partial charge is 0.383 e. The number of hydrogen-bond acceptors (Lipinski definition) is 3. The number of benzene rings is 1. The Hall–Kier alpha value is -1.74. The van der Waals surface area contributed by atoms with Crippen molar-refractivity contribution in [1.29, 1.82) is 0 Å². The second-order valence-corrected chi connectivity index (χ2v) is 4.55. The number of H-pyrrole nitrogens is 1. The summed E-state index contributed by atoms with van der Waals surface area (Å²) in [6.07, 6.45) is -4.77. The maximum Gasteiger partial charge on any atom is 0.419 e. The van der Waals surface area contributed by atoms with Gasteiger partial charge in [0, 0.05) is 7.11 Å². The summed E-state index contributed by atoms with van der Waals surface area (Å²) in [5, 5.41) is 6.25. The van der Waals surface area contributed by atoms with E-state index in [-0.39, 0.29) is 29.3 Å². The Morgan fingerprint density at radius 3 is 2.71 bits per heavy atom. The van der Waals surface area contributed by atoms with E-state index >= 15 is 0 Å². The molecular weight excluding hydrogens is 310 g/mol. The number of aromatic amines is 1. The van der Waals surface area contributed by atoms with E-state index in [9.17, 15) is 17.6 Å². The van der Waals surface area contributed by atoms with Gasteiger partial charge in [-0.3, -0.25) is 9.67 Å². The molecule has 114 valence electrons. The predicted molar refractivity (Wildman–Crippen MR) is 69.7 cm³/mol. The maximum atomic E-state index is 14.1. The van der Waals surface area contributed by atoms with Crippen LogP contribution in [-0.4, -0.2) is 28.5 Å². The van der Waals surface area contributed by atoms with Crippen LogP contribution in [0.15, 0.2) is 18.2 Å². The Bertz CT molecular complexity index is 693. The number of methoxy groups -OCH3 is 1. The van der Waals surface area contributed by atoms with Gasteiger partial charge in [-0.2, -0.15) is 18.3 Å². The highest BCUT2D eigenvalue weighted by atomic mass is 32.1. The van der Waals surface area contributed by atoms with Gasteiger partial charge in [0.1, 0.15) is 5.82 Å². The SMILES string of the molecule is COCCn1c(-c2cccc(C(F)(F)F)c2F)n[nH]c1=S. The summed E-state index contributed by atoms with van der Waals surface area (Å²) in [5.41, 5.74) is -1.61. The highest BCUT2D eigenvalue weighted by molar-refractivity contribution is 7.71. The summed E-state index contributed by atoms with van der Waals surface area (Å²) in [5.74, 6) is -1.38. The Balaban J connectivity index is 2.56. The van der Waals surface area contributed by atoms with E-state index in [0.717, 1.165) is 6.07 Å². The van der Waals surface area contributed by atoms with Crippen LogP contribution in [0.5, 0.6) is 0 Å². The molecule has 2 aromatic rings. The Labute approximate surface area is 122 Å². The van der Waals surface area contributed by atoms with Crippen molar-refractivity contribution in [3.8, 4) is 11.4 Å². The van der Waals surface area contributed by atoms with Gasteiger partial charge in [0.2, 0.25) is 0 Å². The van der Waals surface area contributed by atoms with Crippen LogP contribution in [0.1, 0.15) is 5.56 Å². The second-order valence-electron chi connectivity index (χ2n) is 4.16. The summed E-state index contributed by atoms with van der Waals surface area (Å²) in [4.78, 5) is 0. The number of nitrogens with one attached hydrogen (secondary N) is 1. The lowest BCUT2D eigenvalue weighted by atomic mass is 10.1. The normalized spacial score (nSPS) is 11.9. The van der Waals surface area contributed by atoms with Crippen LogP contribution >= 0.6 is 12.2 Å². The summed E-state index contributed by atoms with van der Waals surface area (Å²) in [6, 6.07) is 3.03. The molecule has 21 heavy (non-hydrogen) atoms. The fourth-order valence-corrected chi connectivity index (χ4v) is 2.06. The monoisotopic (exact) mass is 321 g/mol. The lowest BCUT2D eigenvalue weighted by Crippen LogP contribution is -2.11. The van der Waals surface area contributed by atoms with Crippen molar-refractivity contribution in [3.05, 3.63) is 34.4 Å². The fraction of sp³-hybridized carbons (Fsp3) is 0.333. The molecule has 0 spiro atoms. The highest BCUT2D eigenvalue weighted by Gasteiger charge is 2.35. The third-order valence-electron chi connectivity index (χ3n) is 2.82. The molecule has 1 aromatic heterocycles. The van der Waals surface area contributed by atoms with Crippen LogP contribution in [0, 0.1) is 10.6 Å². The van der Waals surface area contributed by atoms with Gasteiger partial charge in [0.25, 0.3) is 0 Å². The van der Waals surface area contributed by atoms with E-state index in [0.29, 0.717) is 6.07 Å². The molecule has 0 fully saturated rings. The molecule has 0 amide bonds. The lowest BCUT2D eigenvalue weighted by molar-refractivity contribution is -0.139. The Kier molecular flexibility index (Phi) is 4.43. The summed E-state index contributed by atoms with van der Waals surface area (Å²) >= 11 is 4.98. The summed E-state index contributed by atoms with van der Waals surface area (Å²) in [6.45, 7) is 0.512. The van der Waals surface area contributed by atoms with Gasteiger partial charge in [-0.1, -0.05) is 6.07 Å². The molecule has 0 radical (unpaired) electrons. The van der Waals surface area contributed by atoms with Crippen molar-refractivity contribution >= 4 is 12.2 Å². The van der Waals surface area contributed by atoms with E-state index in [1.54, 1.807) is 0 Å². The van der Waals surface area contributed by atoms with Crippen LogP contribution in [0.2, 0.25) is 0 Å². The van der Waals surface area contributed by atoms with Crippen molar-refractivity contribution in [3.63, 3.8) is 0 Å². The van der Waals surface area contributed by atoms with Gasteiger partial charge in [-0.15, -0.1) is 0 Å². The number of rotatable bonds is 4. The van der Waals surface area contributed by atoms with Gasteiger partial charge >= 0.3 is 6.18 Å². The third kappa shape index (κ3) is 3.13. The number of alkyl halides is 3. The van der Waals surface area contributed by atoms with Gasteiger partial charge in [-0.25, -0.2) is 4.39 Å². The average Bonchev–Trinajstić information content (AvgIpc) is 2.76. The topological polar surface area (TPSA) is 42.8 Å². The second kappa shape index (κ2) is 5.94. The summed E-state index contributed by atoms with van der Waals surface area (Å²) < 4.78 is 58.8. The average molecular weight is 321 g/mol. The minimum atomic E-state index is -4.77. The first-order chi connectivity index (χ1) is 9.86. The predicted octanol–water partition coefficient (Wildman–Crippen LogP) is 3.41. The molecule has 2 rings (SSSR count). The maximum absolute atomic E-state index is 14.1. The first kappa shape index (κ1) is 15.6. The molecule has 0 aliphatic heterocycles.